The number of carbonyl (C=O) groups is 1. The summed E-state index contributed by atoms with van der Waals surface area (Å²) in [6.45, 7) is 7.44. The lowest BCUT2D eigenvalue weighted by molar-refractivity contribution is 0.0698. The van der Waals surface area contributed by atoms with Gasteiger partial charge >= 0.3 is 5.97 Å². The maximum Gasteiger partial charge on any atom is 0.337 e. The molecule has 0 amide bonds. The van der Waals surface area contributed by atoms with E-state index in [0.717, 1.165) is 11.3 Å². The summed E-state index contributed by atoms with van der Waals surface area (Å²) in [5, 5.41) is 17.0. The number of aromatic carboxylic acids is 1. The predicted molar refractivity (Wildman–Crippen MR) is 104 cm³/mol. The smallest absolute Gasteiger partial charge is 0.337 e. The lowest BCUT2D eigenvalue weighted by Crippen LogP contribution is -2.25. The third-order valence-corrected chi connectivity index (χ3v) is 4.60. The van der Waals surface area contributed by atoms with Crippen LogP contribution in [0.1, 0.15) is 52.8 Å². The molecule has 7 heteroatoms. The largest absolute Gasteiger partial charge is 0.478 e. The van der Waals surface area contributed by atoms with E-state index < -0.39 is 5.97 Å². The van der Waals surface area contributed by atoms with Crippen LogP contribution >= 0.6 is 0 Å². The van der Waals surface area contributed by atoms with E-state index in [1.165, 1.54) is 4.52 Å². The molecule has 0 aliphatic heterocycles. The highest BCUT2D eigenvalue weighted by atomic mass is 16.4. The standard InChI is InChI=1S/C20H22N4O3/c1-5-16-12(3)19(25)24-18(22-16)15(10-11(2)23-24)13(4)21-17-9-7-6-8-14(17)20(26)27/h6-10,13,21H,5H2,1-4H3,(H,26,27). The maximum atomic E-state index is 12.7. The molecule has 0 aliphatic carbocycles. The summed E-state index contributed by atoms with van der Waals surface area (Å²) in [6.07, 6.45) is 0.647. The van der Waals surface area contributed by atoms with Gasteiger partial charge in [0, 0.05) is 16.8 Å². The van der Waals surface area contributed by atoms with Crippen molar-refractivity contribution in [3.63, 3.8) is 0 Å². The van der Waals surface area contributed by atoms with Crippen LogP contribution in [0, 0.1) is 13.8 Å². The molecule has 0 fully saturated rings. The molecule has 1 atom stereocenters. The molecule has 0 aliphatic rings. The van der Waals surface area contributed by atoms with Gasteiger partial charge in [-0.1, -0.05) is 19.1 Å². The maximum absolute atomic E-state index is 12.7. The van der Waals surface area contributed by atoms with E-state index in [-0.39, 0.29) is 17.2 Å². The van der Waals surface area contributed by atoms with Crippen LogP contribution in [0.4, 0.5) is 5.69 Å². The summed E-state index contributed by atoms with van der Waals surface area (Å²) in [5.41, 5.74) is 3.81. The summed E-state index contributed by atoms with van der Waals surface area (Å²) < 4.78 is 1.33. The van der Waals surface area contributed by atoms with Gasteiger partial charge in [-0.05, 0) is 45.4 Å². The van der Waals surface area contributed by atoms with Crippen LogP contribution in [0.3, 0.4) is 0 Å². The molecule has 27 heavy (non-hydrogen) atoms. The molecule has 0 radical (unpaired) electrons. The first-order chi connectivity index (χ1) is 12.8. The topological polar surface area (TPSA) is 96.6 Å². The van der Waals surface area contributed by atoms with Gasteiger partial charge in [-0.3, -0.25) is 4.79 Å². The zero-order valence-electron chi connectivity index (χ0n) is 15.8. The van der Waals surface area contributed by atoms with Crippen molar-refractivity contribution in [1.82, 2.24) is 14.6 Å². The van der Waals surface area contributed by atoms with Crippen LogP contribution in [0.15, 0.2) is 35.1 Å². The second kappa shape index (κ2) is 7.19. The van der Waals surface area contributed by atoms with Crippen molar-refractivity contribution in [1.29, 1.82) is 0 Å². The van der Waals surface area contributed by atoms with E-state index in [4.69, 9.17) is 0 Å². The fourth-order valence-electron chi connectivity index (χ4n) is 3.16. The van der Waals surface area contributed by atoms with Crippen molar-refractivity contribution >= 4 is 17.3 Å². The Morgan fingerprint density at radius 3 is 2.67 bits per heavy atom. The molecule has 2 heterocycles. The third-order valence-electron chi connectivity index (χ3n) is 4.60. The number of para-hydroxylation sites is 1. The van der Waals surface area contributed by atoms with Crippen molar-refractivity contribution in [3.05, 3.63) is 68.8 Å². The Bertz CT molecular complexity index is 1090. The number of nitrogens with zero attached hydrogens (tertiary/aromatic N) is 3. The summed E-state index contributed by atoms with van der Waals surface area (Å²) in [7, 11) is 0. The number of nitrogens with one attached hydrogen (secondary N) is 1. The normalized spacial score (nSPS) is 12.1. The number of carboxylic acid groups (broad SMARTS) is 1. The van der Waals surface area contributed by atoms with E-state index in [0.29, 0.717) is 29.0 Å². The quantitative estimate of drug-likeness (QED) is 0.720. The Labute approximate surface area is 156 Å². The second-order valence-corrected chi connectivity index (χ2v) is 6.54. The monoisotopic (exact) mass is 366 g/mol. The molecule has 140 valence electrons. The molecule has 0 bridgehead atoms. The highest BCUT2D eigenvalue weighted by Gasteiger charge is 2.18. The Kier molecular flexibility index (Phi) is 4.94. The fourth-order valence-corrected chi connectivity index (χ4v) is 3.16. The minimum atomic E-state index is -1.00. The van der Waals surface area contributed by atoms with Crippen LogP contribution in [0.5, 0.6) is 0 Å². The molecule has 3 aromatic rings. The molecule has 2 aromatic heterocycles. The number of rotatable bonds is 5. The predicted octanol–water partition coefficient (Wildman–Crippen LogP) is 3.14. The van der Waals surface area contributed by atoms with Gasteiger partial charge in [0.1, 0.15) is 0 Å². The Morgan fingerprint density at radius 1 is 1.30 bits per heavy atom. The Hall–Kier alpha value is -3.22. The van der Waals surface area contributed by atoms with Gasteiger partial charge in [0.05, 0.1) is 23.0 Å². The first kappa shape index (κ1) is 18.6. The molecule has 3 rings (SSSR count). The van der Waals surface area contributed by atoms with Gasteiger partial charge < -0.3 is 10.4 Å². The number of benzene rings is 1. The van der Waals surface area contributed by atoms with Crippen LogP contribution < -0.4 is 10.9 Å². The van der Waals surface area contributed by atoms with Crippen LogP contribution in [0.25, 0.3) is 5.65 Å². The number of aryl methyl sites for hydroxylation is 2. The molecule has 0 saturated carbocycles. The zero-order chi connectivity index (χ0) is 19.7. The van der Waals surface area contributed by atoms with Crippen molar-refractivity contribution < 1.29 is 9.90 Å². The van der Waals surface area contributed by atoms with Gasteiger partial charge in [-0.15, -0.1) is 0 Å². The van der Waals surface area contributed by atoms with Gasteiger partial charge in [0.2, 0.25) is 0 Å². The number of anilines is 1. The number of hydrogen-bond donors (Lipinski definition) is 2. The van der Waals surface area contributed by atoms with Gasteiger partial charge in [0.25, 0.3) is 5.56 Å². The van der Waals surface area contributed by atoms with Crippen molar-refractivity contribution in [2.45, 2.75) is 40.2 Å². The molecular weight excluding hydrogens is 344 g/mol. The highest BCUT2D eigenvalue weighted by molar-refractivity contribution is 5.94. The lowest BCUT2D eigenvalue weighted by atomic mass is 10.1. The molecular formula is C20H22N4O3. The van der Waals surface area contributed by atoms with E-state index in [2.05, 4.69) is 15.4 Å². The molecule has 0 spiro atoms. The number of carboxylic acids is 1. The number of hydrogen-bond acceptors (Lipinski definition) is 5. The summed E-state index contributed by atoms with van der Waals surface area (Å²) in [5.74, 6) is -1.00. The van der Waals surface area contributed by atoms with Gasteiger partial charge in [-0.2, -0.15) is 9.61 Å². The fraction of sp³-hybridized carbons (Fsp3) is 0.300. The lowest BCUT2D eigenvalue weighted by Gasteiger charge is -2.19. The van der Waals surface area contributed by atoms with Crippen LogP contribution in [-0.4, -0.2) is 25.7 Å². The average Bonchev–Trinajstić information content (AvgIpc) is 2.64. The Morgan fingerprint density at radius 2 is 2.00 bits per heavy atom. The first-order valence-corrected chi connectivity index (χ1v) is 8.82. The first-order valence-electron chi connectivity index (χ1n) is 8.82. The minimum absolute atomic E-state index is 0.181. The van der Waals surface area contributed by atoms with E-state index in [9.17, 15) is 14.7 Å². The van der Waals surface area contributed by atoms with Gasteiger partial charge in [-0.25, -0.2) is 9.78 Å². The van der Waals surface area contributed by atoms with Crippen molar-refractivity contribution in [3.8, 4) is 0 Å². The molecule has 0 saturated heterocycles. The minimum Gasteiger partial charge on any atom is -0.478 e. The molecule has 1 unspecified atom stereocenters. The molecule has 1 aromatic carbocycles. The zero-order valence-corrected chi connectivity index (χ0v) is 15.8. The average molecular weight is 366 g/mol. The third kappa shape index (κ3) is 3.40. The van der Waals surface area contributed by atoms with E-state index in [1.807, 2.05) is 26.8 Å². The Balaban J connectivity index is 2.15. The summed E-state index contributed by atoms with van der Waals surface area (Å²) >= 11 is 0. The van der Waals surface area contributed by atoms with Crippen molar-refractivity contribution in [2.75, 3.05) is 5.32 Å². The second-order valence-electron chi connectivity index (χ2n) is 6.54. The number of aromatic nitrogens is 3. The summed E-state index contributed by atoms with van der Waals surface area (Å²) in [6, 6.07) is 8.33. The van der Waals surface area contributed by atoms with E-state index >= 15 is 0 Å². The van der Waals surface area contributed by atoms with Crippen LogP contribution in [0.2, 0.25) is 0 Å². The van der Waals surface area contributed by atoms with E-state index in [1.54, 1.807) is 31.2 Å². The highest BCUT2D eigenvalue weighted by Crippen LogP contribution is 2.25. The molecule has 2 N–H and O–H groups in total. The summed E-state index contributed by atoms with van der Waals surface area (Å²) in [4.78, 5) is 28.8. The van der Waals surface area contributed by atoms with Crippen LogP contribution in [-0.2, 0) is 6.42 Å². The molecule has 7 nitrogen and oxygen atoms in total. The number of fused-ring (bicyclic) bond motifs is 1. The van der Waals surface area contributed by atoms with Crippen molar-refractivity contribution in [2.24, 2.45) is 0 Å². The SMILES string of the molecule is CCc1nc2c(C(C)Nc3ccccc3C(=O)O)cc(C)nn2c(=O)c1C. The van der Waals surface area contributed by atoms with Gasteiger partial charge in [0.15, 0.2) is 5.65 Å².